The van der Waals surface area contributed by atoms with E-state index in [-0.39, 0.29) is 11.5 Å². The van der Waals surface area contributed by atoms with E-state index >= 15 is 0 Å². The third-order valence-corrected chi connectivity index (χ3v) is 7.57. The van der Waals surface area contributed by atoms with Gasteiger partial charge in [0.15, 0.2) is 0 Å². The number of anilines is 1. The van der Waals surface area contributed by atoms with Crippen LogP contribution in [0.25, 0.3) is 0 Å². The van der Waals surface area contributed by atoms with Crippen molar-refractivity contribution in [3.8, 4) is 0 Å². The quantitative estimate of drug-likeness (QED) is 0.515. The van der Waals surface area contributed by atoms with Gasteiger partial charge in [-0.1, -0.05) is 43.2 Å². The summed E-state index contributed by atoms with van der Waals surface area (Å²) in [7, 11) is 0. The third-order valence-electron chi connectivity index (χ3n) is 7.57. The number of allylic oxidation sites excluding steroid dienone is 2. The molecule has 1 aromatic carbocycles. The van der Waals surface area contributed by atoms with Crippen LogP contribution in [0.1, 0.15) is 70.0 Å². The summed E-state index contributed by atoms with van der Waals surface area (Å²) in [6.45, 7) is 3.80. The molecule has 5 rings (SSSR count). The molecule has 3 aliphatic carbocycles. The summed E-state index contributed by atoms with van der Waals surface area (Å²) in [6, 6.07) is 8.43. The fourth-order valence-electron chi connectivity index (χ4n) is 6.17. The highest BCUT2D eigenvalue weighted by atomic mass is 16.5. The molecule has 2 bridgehead atoms. The van der Waals surface area contributed by atoms with E-state index in [0.29, 0.717) is 11.8 Å². The lowest BCUT2D eigenvalue weighted by molar-refractivity contribution is -0.128. The van der Waals surface area contributed by atoms with Crippen LogP contribution in [0, 0.1) is 17.3 Å². The Hall–Kier alpha value is -1.61. The predicted molar refractivity (Wildman–Crippen MR) is 108 cm³/mol. The summed E-state index contributed by atoms with van der Waals surface area (Å²) in [5.41, 5.74) is 3.82. The summed E-state index contributed by atoms with van der Waals surface area (Å²) < 4.78 is 6.18. The molecule has 4 unspecified atom stereocenters. The van der Waals surface area contributed by atoms with E-state index in [1.165, 1.54) is 18.4 Å². The molecule has 4 atom stereocenters. The second kappa shape index (κ2) is 6.77. The fourth-order valence-corrected chi connectivity index (χ4v) is 6.17. The molecule has 0 N–H and O–H groups in total. The third kappa shape index (κ3) is 2.77. The van der Waals surface area contributed by atoms with Gasteiger partial charge in [-0.3, -0.25) is 4.79 Å². The maximum atomic E-state index is 13.8. The molecule has 0 saturated heterocycles. The molecule has 2 fully saturated rings. The van der Waals surface area contributed by atoms with Crippen LogP contribution in [0.5, 0.6) is 0 Å². The number of benzene rings is 1. The van der Waals surface area contributed by atoms with Gasteiger partial charge in [-0.05, 0) is 62.8 Å². The normalized spacial score (nSPS) is 33.7. The molecule has 4 aliphatic rings. The largest absolute Gasteiger partial charge is 0.373 e. The molecule has 0 radical (unpaired) electrons. The van der Waals surface area contributed by atoms with Crippen LogP contribution in [0.2, 0.25) is 0 Å². The van der Waals surface area contributed by atoms with Crippen LogP contribution in [0.3, 0.4) is 0 Å². The monoisotopic (exact) mass is 365 g/mol. The van der Waals surface area contributed by atoms with E-state index in [9.17, 15) is 4.79 Å². The molecule has 2 saturated carbocycles. The van der Waals surface area contributed by atoms with Crippen molar-refractivity contribution in [3.05, 3.63) is 41.5 Å². The topological polar surface area (TPSA) is 29.5 Å². The van der Waals surface area contributed by atoms with Crippen LogP contribution in [-0.2, 0) is 9.53 Å². The summed E-state index contributed by atoms with van der Waals surface area (Å²) in [4.78, 5) is 15.9. The number of ether oxygens (including phenoxy) is 1. The van der Waals surface area contributed by atoms with Crippen molar-refractivity contribution in [3.63, 3.8) is 0 Å². The standard InChI is InChI=1S/C24H31NO2/c1-2-3-14-27-22-11-13-25(21-7-5-4-6-19(21)22)23(26)24-12-10-17-8-9-18(15-24)20(17)16-24/h4-7,10,18,20,22H,2-3,8-9,11-16H2,1H3. The summed E-state index contributed by atoms with van der Waals surface area (Å²) >= 11 is 0. The molecule has 0 spiro atoms. The maximum Gasteiger partial charge on any atom is 0.233 e. The summed E-state index contributed by atoms with van der Waals surface area (Å²) in [6.07, 6.45) is 11.5. The SMILES string of the molecule is CCCCOC1CCN(C(=O)C23CC=C4CCC(C2)C4C3)c2ccccc21. The van der Waals surface area contributed by atoms with E-state index < -0.39 is 0 Å². The Balaban J connectivity index is 1.41. The zero-order valence-corrected chi connectivity index (χ0v) is 16.5. The Morgan fingerprint density at radius 3 is 3.04 bits per heavy atom. The van der Waals surface area contributed by atoms with Crippen molar-refractivity contribution in [1.82, 2.24) is 0 Å². The van der Waals surface area contributed by atoms with Gasteiger partial charge in [0, 0.05) is 24.4 Å². The Bertz CT molecular complexity index is 769. The van der Waals surface area contributed by atoms with Gasteiger partial charge in [0.05, 0.1) is 11.5 Å². The minimum Gasteiger partial charge on any atom is -0.373 e. The van der Waals surface area contributed by atoms with Gasteiger partial charge < -0.3 is 9.64 Å². The van der Waals surface area contributed by atoms with E-state index in [1.807, 2.05) is 0 Å². The lowest BCUT2D eigenvalue weighted by Crippen LogP contribution is -2.46. The Morgan fingerprint density at radius 2 is 2.15 bits per heavy atom. The predicted octanol–water partition coefficient (Wildman–Crippen LogP) is 5.42. The number of unbranched alkanes of at least 4 members (excludes halogenated alkanes) is 1. The van der Waals surface area contributed by atoms with E-state index in [1.54, 1.807) is 5.57 Å². The zero-order valence-electron chi connectivity index (χ0n) is 16.5. The maximum absolute atomic E-state index is 13.8. The average molecular weight is 366 g/mol. The zero-order chi connectivity index (χ0) is 18.4. The lowest BCUT2D eigenvalue weighted by atomic mass is 9.74. The highest BCUT2D eigenvalue weighted by molar-refractivity contribution is 5.99. The lowest BCUT2D eigenvalue weighted by Gasteiger charge is -2.40. The number of nitrogens with zero attached hydrogens (tertiary/aromatic N) is 1. The number of para-hydroxylation sites is 1. The molecule has 1 amide bonds. The molecular weight excluding hydrogens is 334 g/mol. The Labute approximate surface area is 162 Å². The molecular formula is C24H31NO2. The van der Waals surface area contributed by atoms with Gasteiger partial charge >= 0.3 is 0 Å². The average Bonchev–Trinajstić information content (AvgIpc) is 3.21. The van der Waals surface area contributed by atoms with Crippen molar-refractivity contribution < 1.29 is 9.53 Å². The number of carbonyl (C=O) groups is 1. The van der Waals surface area contributed by atoms with Gasteiger partial charge in [0.25, 0.3) is 0 Å². The van der Waals surface area contributed by atoms with Gasteiger partial charge in [0.2, 0.25) is 5.91 Å². The van der Waals surface area contributed by atoms with Crippen molar-refractivity contribution in [2.24, 2.45) is 17.3 Å². The van der Waals surface area contributed by atoms with Crippen molar-refractivity contribution >= 4 is 11.6 Å². The summed E-state index contributed by atoms with van der Waals surface area (Å²) in [5, 5.41) is 0. The van der Waals surface area contributed by atoms with E-state index in [2.05, 4.69) is 42.2 Å². The highest BCUT2D eigenvalue weighted by Gasteiger charge is 2.56. The number of hydrogen-bond acceptors (Lipinski definition) is 2. The first-order valence-corrected chi connectivity index (χ1v) is 10.9. The van der Waals surface area contributed by atoms with Gasteiger partial charge in [0.1, 0.15) is 0 Å². The molecule has 3 heteroatoms. The van der Waals surface area contributed by atoms with Gasteiger partial charge in [-0.25, -0.2) is 0 Å². The van der Waals surface area contributed by atoms with Crippen LogP contribution >= 0.6 is 0 Å². The van der Waals surface area contributed by atoms with Crippen LogP contribution in [0.15, 0.2) is 35.9 Å². The molecule has 1 heterocycles. The Morgan fingerprint density at radius 1 is 1.26 bits per heavy atom. The van der Waals surface area contributed by atoms with Crippen molar-refractivity contribution in [2.75, 3.05) is 18.1 Å². The Kier molecular flexibility index (Phi) is 4.39. The van der Waals surface area contributed by atoms with E-state index in [0.717, 1.165) is 63.3 Å². The second-order valence-electron chi connectivity index (χ2n) is 9.09. The van der Waals surface area contributed by atoms with Crippen LogP contribution in [-0.4, -0.2) is 19.1 Å². The first-order valence-electron chi connectivity index (χ1n) is 10.9. The number of carbonyl (C=O) groups excluding carboxylic acids is 1. The number of amides is 1. The van der Waals surface area contributed by atoms with E-state index in [4.69, 9.17) is 4.74 Å². The fraction of sp³-hybridized carbons (Fsp3) is 0.625. The van der Waals surface area contributed by atoms with Crippen LogP contribution in [0.4, 0.5) is 5.69 Å². The molecule has 27 heavy (non-hydrogen) atoms. The summed E-state index contributed by atoms with van der Waals surface area (Å²) in [5.74, 6) is 1.84. The molecule has 1 aromatic rings. The first-order chi connectivity index (χ1) is 13.2. The smallest absolute Gasteiger partial charge is 0.233 e. The minimum absolute atomic E-state index is 0.134. The number of hydrogen-bond donors (Lipinski definition) is 0. The highest BCUT2D eigenvalue weighted by Crippen LogP contribution is 2.61. The number of fused-ring (bicyclic) bond motifs is 2. The van der Waals surface area contributed by atoms with Crippen LogP contribution < -0.4 is 4.90 Å². The molecule has 3 nitrogen and oxygen atoms in total. The minimum atomic E-state index is -0.137. The first kappa shape index (κ1) is 17.5. The molecule has 1 aliphatic heterocycles. The van der Waals surface area contributed by atoms with Crippen molar-refractivity contribution in [2.45, 2.75) is 64.4 Å². The second-order valence-corrected chi connectivity index (χ2v) is 9.09. The molecule has 0 aromatic heterocycles. The molecule has 144 valence electrons. The van der Waals surface area contributed by atoms with Crippen molar-refractivity contribution in [1.29, 1.82) is 0 Å². The van der Waals surface area contributed by atoms with Gasteiger partial charge in [-0.15, -0.1) is 0 Å². The van der Waals surface area contributed by atoms with Gasteiger partial charge in [-0.2, -0.15) is 0 Å². The number of rotatable bonds is 5.